The zero-order valence-corrected chi connectivity index (χ0v) is 13.9. The molecule has 128 valence electrons. The van der Waals surface area contributed by atoms with Gasteiger partial charge in [-0.05, 0) is 31.2 Å². The van der Waals surface area contributed by atoms with E-state index in [1.54, 1.807) is 31.3 Å². The van der Waals surface area contributed by atoms with Crippen LogP contribution in [0.1, 0.15) is 25.5 Å². The standard InChI is InChI=1S/C17H20N2O5/c1-4-24-16(23)17(2)12-11(14(21)19(3)15(12)22)13(18-17)9-5-7-10(20)8-6-9/h5-8,11-13,18,20H,4H2,1-3H3/p+1/t11-,12-,13-,17-/m0/s1. The summed E-state index contributed by atoms with van der Waals surface area (Å²) in [6, 6.07) is 6.10. The number of aromatic hydroxyl groups is 1. The van der Waals surface area contributed by atoms with Crippen molar-refractivity contribution in [2.45, 2.75) is 25.4 Å². The van der Waals surface area contributed by atoms with Crippen molar-refractivity contribution in [2.24, 2.45) is 11.8 Å². The van der Waals surface area contributed by atoms with Crippen LogP contribution in [0.3, 0.4) is 0 Å². The molecule has 0 bridgehead atoms. The van der Waals surface area contributed by atoms with E-state index in [4.69, 9.17) is 4.74 Å². The normalized spacial score (nSPS) is 32.1. The minimum atomic E-state index is -1.15. The van der Waals surface area contributed by atoms with E-state index in [9.17, 15) is 19.5 Å². The molecule has 0 radical (unpaired) electrons. The molecule has 0 spiro atoms. The first-order valence-corrected chi connectivity index (χ1v) is 7.95. The molecule has 3 rings (SSSR count). The van der Waals surface area contributed by atoms with Crippen LogP contribution in [-0.4, -0.2) is 47.0 Å². The predicted octanol–water partition coefficient (Wildman–Crippen LogP) is -0.437. The summed E-state index contributed by atoms with van der Waals surface area (Å²) in [5.41, 5.74) is -0.368. The third kappa shape index (κ3) is 2.19. The lowest BCUT2D eigenvalue weighted by molar-refractivity contribution is -0.731. The average Bonchev–Trinajstić information content (AvgIpc) is 2.99. The van der Waals surface area contributed by atoms with Crippen LogP contribution in [0.15, 0.2) is 24.3 Å². The Balaban J connectivity index is 2.06. The van der Waals surface area contributed by atoms with E-state index in [-0.39, 0.29) is 30.2 Å². The molecule has 7 heteroatoms. The Labute approximate surface area is 139 Å². The second-order valence-corrected chi connectivity index (χ2v) is 6.53. The zero-order chi connectivity index (χ0) is 17.6. The van der Waals surface area contributed by atoms with Gasteiger partial charge in [0.1, 0.15) is 23.6 Å². The molecule has 2 amide bonds. The van der Waals surface area contributed by atoms with E-state index in [0.717, 1.165) is 10.5 Å². The van der Waals surface area contributed by atoms with E-state index < -0.39 is 23.3 Å². The quantitative estimate of drug-likeness (QED) is 0.577. The van der Waals surface area contributed by atoms with Gasteiger partial charge in [0.05, 0.1) is 6.61 Å². The highest BCUT2D eigenvalue weighted by Gasteiger charge is 2.70. The fourth-order valence-electron chi connectivity index (χ4n) is 3.89. The van der Waals surface area contributed by atoms with Gasteiger partial charge in [0, 0.05) is 19.5 Å². The summed E-state index contributed by atoms with van der Waals surface area (Å²) in [6.07, 6.45) is 0. The summed E-state index contributed by atoms with van der Waals surface area (Å²) in [6.45, 7) is 3.58. The van der Waals surface area contributed by atoms with Crippen LogP contribution >= 0.6 is 0 Å². The lowest BCUT2D eigenvalue weighted by Crippen LogP contribution is -2.97. The highest BCUT2D eigenvalue weighted by molar-refractivity contribution is 6.08. The van der Waals surface area contributed by atoms with Gasteiger partial charge in [-0.25, -0.2) is 4.79 Å². The molecule has 0 aromatic heterocycles. The molecular weight excluding hydrogens is 312 g/mol. The smallest absolute Gasteiger partial charge is 0.368 e. The number of nitrogens with two attached hydrogens (primary N) is 1. The van der Waals surface area contributed by atoms with Crippen molar-refractivity contribution in [1.82, 2.24) is 4.90 Å². The van der Waals surface area contributed by atoms with E-state index in [1.807, 2.05) is 0 Å². The first kappa shape index (κ1) is 16.4. The van der Waals surface area contributed by atoms with Gasteiger partial charge in [-0.2, -0.15) is 0 Å². The topological polar surface area (TPSA) is 101 Å². The van der Waals surface area contributed by atoms with Gasteiger partial charge in [0.25, 0.3) is 0 Å². The Morgan fingerprint density at radius 3 is 2.50 bits per heavy atom. The number of hydrogen-bond donors (Lipinski definition) is 2. The second kappa shape index (κ2) is 5.59. The number of rotatable bonds is 3. The van der Waals surface area contributed by atoms with Crippen LogP contribution in [-0.2, 0) is 19.1 Å². The van der Waals surface area contributed by atoms with Crippen LogP contribution in [0.2, 0.25) is 0 Å². The van der Waals surface area contributed by atoms with E-state index in [1.165, 1.54) is 19.2 Å². The largest absolute Gasteiger partial charge is 0.508 e. The molecule has 0 saturated carbocycles. The molecule has 2 heterocycles. The van der Waals surface area contributed by atoms with Crippen LogP contribution < -0.4 is 5.32 Å². The number of esters is 1. The first-order valence-electron chi connectivity index (χ1n) is 7.95. The SMILES string of the molecule is CCOC(=O)[C@@]1(C)[NH2+][C@@H](c2ccc(O)cc2)[C@H]2C(=O)N(C)C(=O)[C@H]21. The molecule has 2 aliphatic rings. The van der Waals surface area contributed by atoms with Crippen molar-refractivity contribution in [1.29, 1.82) is 0 Å². The maximum absolute atomic E-state index is 12.6. The Kier molecular flexibility index (Phi) is 3.83. The highest BCUT2D eigenvalue weighted by Crippen LogP contribution is 2.44. The van der Waals surface area contributed by atoms with Gasteiger partial charge in [-0.15, -0.1) is 0 Å². The van der Waals surface area contributed by atoms with Crippen molar-refractivity contribution in [3.63, 3.8) is 0 Å². The summed E-state index contributed by atoms with van der Waals surface area (Å²) in [5, 5.41) is 11.2. The summed E-state index contributed by atoms with van der Waals surface area (Å²) < 4.78 is 5.17. The molecule has 24 heavy (non-hydrogen) atoms. The van der Waals surface area contributed by atoms with Crippen molar-refractivity contribution < 1.29 is 29.5 Å². The lowest BCUT2D eigenvalue weighted by Gasteiger charge is -2.25. The molecule has 2 aliphatic heterocycles. The number of benzene rings is 1. The summed E-state index contributed by atoms with van der Waals surface area (Å²) in [4.78, 5) is 38.8. The Morgan fingerprint density at radius 1 is 1.29 bits per heavy atom. The maximum Gasteiger partial charge on any atom is 0.368 e. The predicted molar refractivity (Wildman–Crippen MR) is 82.6 cm³/mol. The third-order valence-electron chi connectivity index (χ3n) is 5.12. The number of fused-ring (bicyclic) bond motifs is 1. The molecule has 0 aliphatic carbocycles. The van der Waals surface area contributed by atoms with Gasteiger partial charge in [0.15, 0.2) is 0 Å². The monoisotopic (exact) mass is 333 g/mol. The minimum Gasteiger partial charge on any atom is -0.508 e. The van der Waals surface area contributed by atoms with E-state index in [0.29, 0.717) is 0 Å². The second-order valence-electron chi connectivity index (χ2n) is 6.53. The number of likely N-dealkylation sites (tertiary alicyclic amines) is 1. The van der Waals surface area contributed by atoms with Gasteiger partial charge >= 0.3 is 5.97 Å². The number of carbonyl (C=O) groups is 3. The minimum absolute atomic E-state index is 0.118. The number of amides is 2. The number of nitrogens with zero attached hydrogens (tertiary/aromatic N) is 1. The number of phenolic OH excluding ortho intramolecular Hbond substituents is 1. The molecule has 2 fully saturated rings. The van der Waals surface area contributed by atoms with Gasteiger partial charge < -0.3 is 15.2 Å². The number of ether oxygens (including phenoxy) is 1. The van der Waals surface area contributed by atoms with Crippen LogP contribution in [0.5, 0.6) is 5.75 Å². The molecule has 1 aromatic rings. The zero-order valence-electron chi connectivity index (χ0n) is 13.9. The van der Waals surface area contributed by atoms with Crippen molar-refractivity contribution in [3.05, 3.63) is 29.8 Å². The molecular formula is C17H21N2O5+. The molecule has 2 saturated heterocycles. The average molecular weight is 333 g/mol. The first-order chi connectivity index (χ1) is 11.3. The third-order valence-corrected chi connectivity index (χ3v) is 5.12. The summed E-state index contributed by atoms with van der Waals surface area (Å²) >= 11 is 0. The number of hydrogen-bond acceptors (Lipinski definition) is 5. The maximum atomic E-state index is 12.6. The Hall–Kier alpha value is -2.41. The number of phenols is 1. The summed E-state index contributed by atoms with van der Waals surface area (Å²) in [7, 11) is 1.45. The number of quaternary nitrogens is 1. The Bertz CT molecular complexity index is 701. The number of imide groups is 1. The van der Waals surface area contributed by atoms with E-state index >= 15 is 0 Å². The highest BCUT2D eigenvalue weighted by atomic mass is 16.5. The van der Waals surface area contributed by atoms with Crippen molar-refractivity contribution >= 4 is 17.8 Å². The van der Waals surface area contributed by atoms with Crippen LogP contribution in [0.25, 0.3) is 0 Å². The molecule has 4 atom stereocenters. The molecule has 1 aromatic carbocycles. The van der Waals surface area contributed by atoms with Crippen LogP contribution in [0.4, 0.5) is 0 Å². The molecule has 7 nitrogen and oxygen atoms in total. The molecule has 3 N–H and O–H groups in total. The van der Waals surface area contributed by atoms with Gasteiger partial charge in [-0.3, -0.25) is 14.5 Å². The Morgan fingerprint density at radius 2 is 1.92 bits per heavy atom. The van der Waals surface area contributed by atoms with Crippen LogP contribution in [0, 0.1) is 11.8 Å². The van der Waals surface area contributed by atoms with Gasteiger partial charge in [-0.1, -0.05) is 0 Å². The fraction of sp³-hybridized carbons (Fsp3) is 0.471. The lowest BCUT2D eigenvalue weighted by atomic mass is 9.80. The van der Waals surface area contributed by atoms with Crippen molar-refractivity contribution in [2.75, 3.05) is 13.7 Å². The fourth-order valence-corrected chi connectivity index (χ4v) is 3.89. The molecule has 0 unspecified atom stereocenters. The van der Waals surface area contributed by atoms with Crippen molar-refractivity contribution in [3.8, 4) is 5.75 Å². The summed E-state index contributed by atoms with van der Waals surface area (Å²) in [5.74, 6) is -2.38. The van der Waals surface area contributed by atoms with Gasteiger partial charge in [0.2, 0.25) is 17.4 Å². The number of carbonyl (C=O) groups excluding carboxylic acids is 3. The van der Waals surface area contributed by atoms with E-state index in [2.05, 4.69) is 0 Å².